The summed E-state index contributed by atoms with van der Waals surface area (Å²) in [4.78, 5) is 5.51. The Kier molecular flexibility index (Phi) is 2.72. The molecule has 3 nitrogen and oxygen atoms in total. The molecule has 5 rings (SSSR count). The Bertz CT molecular complexity index is 295. The second-order valence-corrected chi connectivity index (χ2v) is 7.51. The van der Waals surface area contributed by atoms with Gasteiger partial charge in [0.2, 0.25) is 0 Å². The summed E-state index contributed by atoms with van der Waals surface area (Å²) in [5.41, 5.74) is 0.644. The quantitative estimate of drug-likeness (QED) is 0.834. The molecule has 0 aromatic carbocycles. The van der Waals surface area contributed by atoms with Crippen molar-refractivity contribution in [3.63, 3.8) is 0 Å². The zero-order chi connectivity index (χ0) is 12.2. The second-order valence-electron chi connectivity index (χ2n) is 7.51. The molecule has 1 saturated heterocycles. The molecule has 0 unspecified atom stereocenters. The van der Waals surface area contributed by atoms with Crippen LogP contribution in [-0.4, -0.2) is 36.0 Å². The summed E-state index contributed by atoms with van der Waals surface area (Å²) in [6, 6.07) is 0. The van der Waals surface area contributed by atoms with Crippen molar-refractivity contribution in [2.24, 2.45) is 23.2 Å². The third-order valence-corrected chi connectivity index (χ3v) is 5.92. The van der Waals surface area contributed by atoms with Gasteiger partial charge in [-0.25, -0.2) is 0 Å². The van der Waals surface area contributed by atoms with Crippen LogP contribution in [0.3, 0.4) is 0 Å². The summed E-state index contributed by atoms with van der Waals surface area (Å²) in [5, 5.41) is 11.5. The second kappa shape index (κ2) is 4.19. The molecule has 5 fully saturated rings. The van der Waals surface area contributed by atoms with E-state index in [0.29, 0.717) is 18.6 Å². The minimum atomic E-state index is -0.263. The van der Waals surface area contributed by atoms with Crippen molar-refractivity contribution in [2.45, 2.75) is 51.0 Å². The van der Waals surface area contributed by atoms with Crippen LogP contribution >= 0.6 is 0 Å². The fraction of sp³-hybridized carbons (Fsp3) is 1.00. The van der Waals surface area contributed by atoms with Crippen LogP contribution in [-0.2, 0) is 4.84 Å². The third kappa shape index (κ3) is 2.00. The first-order valence-electron chi connectivity index (χ1n) is 7.77. The fourth-order valence-electron chi connectivity index (χ4n) is 5.65. The zero-order valence-corrected chi connectivity index (χ0v) is 11.2. The molecule has 0 spiro atoms. The molecule has 3 heteroatoms. The minimum absolute atomic E-state index is 0.263. The van der Waals surface area contributed by atoms with E-state index in [2.05, 4.69) is 0 Å². The molecule has 102 valence electrons. The van der Waals surface area contributed by atoms with E-state index >= 15 is 0 Å². The van der Waals surface area contributed by atoms with Gasteiger partial charge < -0.3 is 5.11 Å². The molecule has 4 aliphatic carbocycles. The lowest BCUT2D eigenvalue weighted by atomic mass is 9.49. The van der Waals surface area contributed by atoms with Crippen LogP contribution in [0.1, 0.15) is 44.9 Å². The summed E-state index contributed by atoms with van der Waals surface area (Å²) < 4.78 is 0. The van der Waals surface area contributed by atoms with Gasteiger partial charge >= 0.3 is 0 Å². The molecular weight excluding hydrogens is 226 g/mol. The van der Waals surface area contributed by atoms with Crippen LogP contribution in [0, 0.1) is 23.2 Å². The topological polar surface area (TPSA) is 32.7 Å². The number of hydrogen-bond donors (Lipinski definition) is 1. The summed E-state index contributed by atoms with van der Waals surface area (Å²) in [6.07, 6.45) is 10.1. The van der Waals surface area contributed by atoms with Crippen LogP contribution in [0.15, 0.2) is 0 Å². The van der Waals surface area contributed by atoms with Gasteiger partial charge in [0, 0.05) is 6.54 Å². The van der Waals surface area contributed by atoms with Gasteiger partial charge in [0.15, 0.2) is 0 Å². The Morgan fingerprint density at radius 1 is 1.06 bits per heavy atom. The van der Waals surface area contributed by atoms with Gasteiger partial charge in [0.05, 0.1) is 19.3 Å². The molecule has 1 N–H and O–H groups in total. The molecule has 0 radical (unpaired) electrons. The number of aliphatic hydroxyl groups is 1. The average Bonchev–Trinajstić information content (AvgIpc) is 2.71. The van der Waals surface area contributed by atoms with Gasteiger partial charge in [-0.2, -0.15) is 5.06 Å². The largest absolute Gasteiger partial charge is 0.389 e. The van der Waals surface area contributed by atoms with Crippen LogP contribution in [0.5, 0.6) is 0 Å². The Balaban J connectivity index is 1.39. The van der Waals surface area contributed by atoms with Crippen molar-refractivity contribution in [2.75, 3.05) is 19.7 Å². The lowest BCUT2D eigenvalue weighted by Gasteiger charge is -2.57. The standard InChI is InChI=1S/C15H25NO2/c17-14-9-16(18-10-14)2-1-15-6-11-3-12(7-15)5-13(4-11)8-15/h11-14,17H,1-10H2/t11?,12?,13?,14-,15?/m1/s1. The van der Waals surface area contributed by atoms with Crippen molar-refractivity contribution in [1.29, 1.82) is 0 Å². The van der Waals surface area contributed by atoms with Crippen molar-refractivity contribution in [1.82, 2.24) is 5.06 Å². The maximum absolute atomic E-state index is 9.49. The van der Waals surface area contributed by atoms with Crippen LogP contribution < -0.4 is 0 Å². The van der Waals surface area contributed by atoms with Crippen LogP contribution in [0.25, 0.3) is 0 Å². The molecule has 0 amide bonds. The number of β-amino-alcohol motifs (C(OH)–C–C–N with tert-alkyl or cyclic N) is 1. The zero-order valence-electron chi connectivity index (χ0n) is 11.2. The molecule has 0 aromatic rings. The molecule has 1 atom stereocenters. The monoisotopic (exact) mass is 251 g/mol. The number of hydroxylamine groups is 2. The molecule has 18 heavy (non-hydrogen) atoms. The SMILES string of the molecule is O[C@H]1CON(CCC23CC4CC(CC(C4)C2)C3)C1. The van der Waals surface area contributed by atoms with E-state index in [1.807, 2.05) is 5.06 Å². The van der Waals surface area contributed by atoms with Gasteiger partial charge in [-0.3, -0.25) is 4.84 Å². The number of hydrogen-bond acceptors (Lipinski definition) is 3. The first-order chi connectivity index (χ1) is 8.71. The first-order valence-corrected chi connectivity index (χ1v) is 7.77. The molecular formula is C15H25NO2. The summed E-state index contributed by atoms with van der Waals surface area (Å²) in [7, 11) is 0. The lowest BCUT2D eigenvalue weighted by molar-refractivity contribution is -0.129. The van der Waals surface area contributed by atoms with E-state index in [-0.39, 0.29) is 6.10 Å². The number of nitrogens with zero attached hydrogens (tertiary/aromatic N) is 1. The molecule has 1 heterocycles. The van der Waals surface area contributed by atoms with Crippen molar-refractivity contribution in [3.8, 4) is 0 Å². The Morgan fingerprint density at radius 3 is 2.17 bits per heavy atom. The molecule has 1 aliphatic heterocycles. The normalized spacial score (nSPS) is 51.2. The van der Waals surface area contributed by atoms with Crippen molar-refractivity contribution < 1.29 is 9.94 Å². The van der Waals surface area contributed by atoms with Crippen molar-refractivity contribution >= 4 is 0 Å². The van der Waals surface area contributed by atoms with E-state index in [9.17, 15) is 5.11 Å². The smallest absolute Gasteiger partial charge is 0.0958 e. The Hall–Kier alpha value is -0.120. The highest BCUT2D eigenvalue weighted by Crippen LogP contribution is 2.61. The van der Waals surface area contributed by atoms with Crippen LogP contribution in [0.4, 0.5) is 0 Å². The Morgan fingerprint density at radius 2 is 1.67 bits per heavy atom. The number of aliphatic hydroxyl groups excluding tert-OH is 1. The van der Waals surface area contributed by atoms with Gasteiger partial charge in [-0.15, -0.1) is 0 Å². The highest BCUT2D eigenvalue weighted by Gasteiger charge is 2.50. The summed E-state index contributed by atoms with van der Waals surface area (Å²) in [6.45, 7) is 2.25. The summed E-state index contributed by atoms with van der Waals surface area (Å²) >= 11 is 0. The molecule has 0 aromatic heterocycles. The maximum Gasteiger partial charge on any atom is 0.0958 e. The third-order valence-electron chi connectivity index (χ3n) is 5.92. The predicted molar refractivity (Wildman–Crippen MR) is 68.8 cm³/mol. The first kappa shape index (κ1) is 11.7. The summed E-state index contributed by atoms with van der Waals surface area (Å²) in [5.74, 6) is 3.13. The Labute approximate surface area is 109 Å². The fourth-order valence-corrected chi connectivity index (χ4v) is 5.65. The average molecular weight is 251 g/mol. The van der Waals surface area contributed by atoms with E-state index in [0.717, 1.165) is 24.3 Å². The van der Waals surface area contributed by atoms with Crippen LogP contribution in [0.2, 0.25) is 0 Å². The van der Waals surface area contributed by atoms with E-state index < -0.39 is 0 Å². The van der Waals surface area contributed by atoms with Gasteiger partial charge in [0.25, 0.3) is 0 Å². The predicted octanol–water partition coefficient (Wildman–Crippen LogP) is 2.20. The van der Waals surface area contributed by atoms with Gasteiger partial charge in [0.1, 0.15) is 0 Å². The van der Waals surface area contributed by atoms with Gasteiger partial charge in [-0.05, 0) is 68.1 Å². The molecule has 5 aliphatic rings. The highest BCUT2D eigenvalue weighted by atomic mass is 16.7. The van der Waals surface area contributed by atoms with E-state index in [4.69, 9.17) is 4.84 Å². The minimum Gasteiger partial charge on any atom is -0.389 e. The molecule has 4 bridgehead atoms. The highest BCUT2D eigenvalue weighted by molar-refractivity contribution is 5.01. The lowest BCUT2D eigenvalue weighted by Crippen LogP contribution is -2.47. The maximum atomic E-state index is 9.49. The van der Waals surface area contributed by atoms with E-state index in [1.165, 1.54) is 44.9 Å². The molecule has 4 saturated carbocycles. The number of rotatable bonds is 3. The van der Waals surface area contributed by atoms with Crippen molar-refractivity contribution in [3.05, 3.63) is 0 Å². The van der Waals surface area contributed by atoms with E-state index in [1.54, 1.807) is 0 Å². The van der Waals surface area contributed by atoms with Gasteiger partial charge in [-0.1, -0.05) is 0 Å².